The fourth-order valence-corrected chi connectivity index (χ4v) is 12.7. The predicted molar refractivity (Wildman–Crippen MR) is 393 cm³/mol. The number of hydrogen-bond acceptors (Lipinski definition) is 5. The molecule has 2 atom stereocenters. The molecule has 0 aliphatic rings. The zero-order valence-electron chi connectivity index (χ0n) is 60.2. The predicted octanol–water partition coefficient (Wildman–Crippen LogP) is 26.8. The van der Waals surface area contributed by atoms with Crippen LogP contribution >= 0.6 is 0 Å². The van der Waals surface area contributed by atoms with Crippen molar-refractivity contribution in [1.82, 2.24) is 5.32 Å². The Morgan fingerprint density at radius 2 is 0.562 bits per heavy atom. The molecular formula is C83H157NO5. The van der Waals surface area contributed by atoms with Crippen molar-refractivity contribution in [2.75, 3.05) is 13.2 Å². The average Bonchev–Trinajstić information content (AvgIpc) is 3.68. The van der Waals surface area contributed by atoms with E-state index in [2.05, 4.69) is 55.6 Å². The van der Waals surface area contributed by atoms with Crippen LogP contribution in [0.3, 0.4) is 0 Å². The summed E-state index contributed by atoms with van der Waals surface area (Å²) in [6, 6.07) is -0.629. The number of nitrogens with one attached hydrogen (secondary N) is 1. The zero-order chi connectivity index (χ0) is 64.2. The first-order valence-corrected chi connectivity index (χ1v) is 40.4. The Labute approximate surface area is 556 Å². The second kappa shape index (κ2) is 78.3. The number of aliphatic hydroxyl groups is 2. The van der Waals surface area contributed by atoms with Gasteiger partial charge in [0.25, 0.3) is 0 Å². The van der Waals surface area contributed by atoms with Crippen molar-refractivity contribution in [1.29, 1.82) is 0 Å². The number of esters is 1. The molecule has 6 heteroatoms. The van der Waals surface area contributed by atoms with Crippen LogP contribution in [0.15, 0.2) is 48.6 Å². The lowest BCUT2D eigenvalue weighted by atomic mass is 10.0. The van der Waals surface area contributed by atoms with Gasteiger partial charge < -0.3 is 20.3 Å². The Morgan fingerprint density at radius 1 is 0.315 bits per heavy atom. The molecule has 0 saturated carbocycles. The monoisotopic (exact) mass is 1250 g/mol. The molecule has 0 fully saturated rings. The Morgan fingerprint density at radius 3 is 0.865 bits per heavy atom. The Balaban J connectivity index is 3.41. The largest absolute Gasteiger partial charge is 0.466 e. The summed E-state index contributed by atoms with van der Waals surface area (Å²) in [5, 5.41) is 23.3. The van der Waals surface area contributed by atoms with E-state index in [1.54, 1.807) is 6.08 Å². The molecular weight excluding hydrogens is 1090 g/mol. The molecule has 0 aromatic heterocycles. The summed E-state index contributed by atoms with van der Waals surface area (Å²) in [4.78, 5) is 24.6. The minimum Gasteiger partial charge on any atom is -0.466 e. The number of carbonyl (C=O) groups is 2. The molecule has 0 spiro atoms. The average molecular weight is 1250 g/mol. The van der Waals surface area contributed by atoms with Gasteiger partial charge in [-0.15, -0.1) is 0 Å². The fourth-order valence-electron chi connectivity index (χ4n) is 12.7. The molecule has 0 heterocycles. The number of allylic oxidation sites excluding steroid dienone is 7. The van der Waals surface area contributed by atoms with Crippen LogP contribution in [0.25, 0.3) is 0 Å². The molecule has 0 radical (unpaired) electrons. The van der Waals surface area contributed by atoms with Crippen molar-refractivity contribution in [2.45, 2.75) is 456 Å². The van der Waals surface area contributed by atoms with Crippen LogP contribution in [-0.4, -0.2) is 47.4 Å². The molecule has 2 unspecified atom stereocenters. The highest BCUT2D eigenvalue weighted by molar-refractivity contribution is 5.76. The van der Waals surface area contributed by atoms with Gasteiger partial charge in [-0.1, -0.05) is 390 Å². The minimum absolute atomic E-state index is 0.00586. The summed E-state index contributed by atoms with van der Waals surface area (Å²) in [7, 11) is 0. The Kier molecular flexibility index (Phi) is 76.3. The second-order valence-corrected chi connectivity index (χ2v) is 27.7. The van der Waals surface area contributed by atoms with E-state index in [1.807, 2.05) is 6.08 Å². The van der Waals surface area contributed by atoms with Crippen LogP contribution < -0.4 is 5.32 Å². The van der Waals surface area contributed by atoms with E-state index in [9.17, 15) is 19.8 Å². The van der Waals surface area contributed by atoms with Crippen LogP contribution in [0.5, 0.6) is 0 Å². The van der Waals surface area contributed by atoms with Crippen LogP contribution in [0, 0.1) is 0 Å². The van der Waals surface area contributed by atoms with Crippen LogP contribution in [0.4, 0.5) is 0 Å². The highest BCUT2D eigenvalue weighted by atomic mass is 16.5. The number of hydrogen-bond donors (Lipinski definition) is 3. The van der Waals surface area contributed by atoms with E-state index >= 15 is 0 Å². The molecule has 6 nitrogen and oxygen atoms in total. The third kappa shape index (κ3) is 74.7. The van der Waals surface area contributed by atoms with Crippen molar-refractivity contribution in [3.8, 4) is 0 Å². The topological polar surface area (TPSA) is 95.9 Å². The third-order valence-electron chi connectivity index (χ3n) is 18.8. The second-order valence-electron chi connectivity index (χ2n) is 27.7. The minimum atomic E-state index is -0.846. The highest BCUT2D eigenvalue weighted by Crippen LogP contribution is 2.19. The molecule has 1 amide bonds. The molecule has 524 valence electrons. The first-order valence-electron chi connectivity index (χ1n) is 40.4. The maximum absolute atomic E-state index is 12.6. The number of amides is 1. The van der Waals surface area contributed by atoms with Crippen molar-refractivity contribution >= 4 is 11.9 Å². The van der Waals surface area contributed by atoms with Gasteiger partial charge in [-0.05, 0) is 89.9 Å². The van der Waals surface area contributed by atoms with E-state index < -0.39 is 12.1 Å². The number of unbranched alkanes of at least 4 members (excludes halogenated alkanes) is 59. The highest BCUT2D eigenvalue weighted by Gasteiger charge is 2.18. The Bertz CT molecular complexity index is 1490. The van der Waals surface area contributed by atoms with Gasteiger partial charge >= 0.3 is 5.97 Å². The van der Waals surface area contributed by atoms with Gasteiger partial charge in [-0.3, -0.25) is 9.59 Å². The SMILES string of the molecule is CCCCCCC/C=C\CCCCCCCC(=O)OCCCCCCCCCCC/C=C\C/C=C\CCCCCCCCCCCCCCCCCCCC(=O)NC(CO)C(O)/C=C/CCCCCCCCCCCCCCCCCCCCCCCCC. The normalized spacial score (nSPS) is 12.7. The van der Waals surface area contributed by atoms with Gasteiger partial charge in [0.2, 0.25) is 5.91 Å². The van der Waals surface area contributed by atoms with Crippen molar-refractivity contribution in [3.63, 3.8) is 0 Å². The first-order chi connectivity index (χ1) is 44.0. The number of carbonyl (C=O) groups excluding carboxylic acids is 2. The summed E-state index contributed by atoms with van der Waals surface area (Å²) in [5.41, 5.74) is 0. The van der Waals surface area contributed by atoms with Crippen molar-refractivity contribution < 1.29 is 24.5 Å². The molecule has 0 rings (SSSR count). The lowest BCUT2D eigenvalue weighted by molar-refractivity contribution is -0.143. The van der Waals surface area contributed by atoms with Gasteiger partial charge in [0.15, 0.2) is 0 Å². The molecule has 0 aliphatic heterocycles. The van der Waals surface area contributed by atoms with Crippen LogP contribution in [0.1, 0.15) is 444 Å². The van der Waals surface area contributed by atoms with Gasteiger partial charge in [-0.2, -0.15) is 0 Å². The van der Waals surface area contributed by atoms with E-state index in [1.165, 1.54) is 366 Å². The Hall–Kier alpha value is -2.18. The van der Waals surface area contributed by atoms with E-state index in [0.717, 1.165) is 51.4 Å². The number of rotatable bonds is 76. The van der Waals surface area contributed by atoms with Crippen molar-refractivity contribution in [2.24, 2.45) is 0 Å². The summed E-state index contributed by atoms with van der Waals surface area (Å²) >= 11 is 0. The van der Waals surface area contributed by atoms with Crippen LogP contribution in [0.2, 0.25) is 0 Å². The summed E-state index contributed by atoms with van der Waals surface area (Å²) < 4.78 is 5.49. The number of aliphatic hydroxyl groups excluding tert-OH is 2. The molecule has 0 aromatic rings. The van der Waals surface area contributed by atoms with Gasteiger partial charge in [0.05, 0.1) is 25.4 Å². The van der Waals surface area contributed by atoms with Gasteiger partial charge in [0.1, 0.15) is 0 Å². The van der Waals surface area contributed by atoms with Gasteiger partial charge in [0, 0.05) is 12.8 Å². The maximum atomic E-state index is 12.6. The lowest BCUT2D eigenvalue weighted by Gasteiger charge is -2.20. The summed E-state index contributed by atoms with van der Waals surface area (Å²) in [6.45, 7) is 4.93. The molecule has 3 N–H and O–H groups in total. The quantitative estimate of drug-likeness (QED) is 0.0320. The molecule has 0 aromatic carbocycles. The molecule has 0 saturated heterocycles. The van der Waals surface area contributed by atoms with E-state index in [0.29, 0.717) is 19.4 Å². The standard InChI is InChI=1S/C83H157NO5/c1-3-5-7-9-11-13-15-17-19-20-21-22-23-33-36-39-42-45-48-51-55-59-63-67-71-75-81(86)80(79-85)84-82(87)76-72-68-64-60-56-52-49-46-43-40-37-34-31-29-27-25-24-26-28-30-32-35-38-41-44-47-50-54-58-62-66-70-74-78-89-83(88)77-73-69-65-61-57-53-18-16-14-12-10-8-6-4-2/h16,18,28,30,35,38,71,75,80-81,85-86H,3-15,17,19-27,29,31-34,36-37,39-70,72-74,76-79H2,1-2H3,(H,84,87)/b18-16-,30-28-,38-35-,75-71+. The first kappa shape index (κ1) is 86.8. The molecule has 89 heavy (non-hydrogen) atoms. The van der Waals surface area contributed by atoms with E-state index in [-0.39, 0.29) is 18.5 Å². The summed E-state index contributed by atoms with van der Waals surface area (Å²) in [6.07, 6.45) is 104. The number of ether oxygens (including phenoxy) is 1. The van der Waals surface area contributed by atoms with E-state index in [4.69, 9.17) is 4.74 Å². The zero-order valence-corrected chi connectivity index (χ0v) is 60.2. The smallest absolute Gasteiger partial charge is 0.305 e. The molecule has 0 bridgehead atoms. The lowest BCUT2D eigenvalue weighted by Crippen LogP contribution is -2.45. The fraction of sp³-hybridized carbons (Fsp3) is 0.880. The van der Waals surface area contributed by atoms with Crippen molar-refractivity contribution in [3.05, 3.63) is 48.6 Å². The summed E-state index contributed by atoms with van der Waals surface area (Å²) in [5.74, 6) is -0.0555. The van der Waals surface area contributed by atoms with Crippen LogP contribution in [-0.2, 0) is 14.3 Å². The third-order valence-corrected chi connectivity index (χ3v) is 18.8. The molecule has 0 aliphatic carbocycles. The van der Waals surface area contributed by atoms with Gasteiger partial charge in [-0.25, -0.2) is 0 Å². The maximum Gasteiger partial charge on any atom is 0.305 e.